The Kier molecular flexibility index (Phi) is 7.93. The lowest BCUT2D eigenvalue weighted by atomic mass is 9.86. The van der Waals surface area contributed by atoms with Gasteiger partial charge in [-0.25, -0.2) is 8.78 Å². The second kappa shape index (κ2) is 11.1. The Bertz CT molecular complexity index is 1160. The summed E-state index contributed by atoms with van der Waals surface area (Å²) in [6.07, 6.45) is 2.99. The molecule has 2 aromatic carbocycles. The molecular weight excluding hydrogens is 452 g/mol. The molecule has 4 rings (SSSR count). The van der Waals surface area contributed by atoms with Crippen LogP contribution >= 0.6 is 0 Å². The predicted octanol–water partition coefficient (Wildman–Crippen LogP) is 4.19. The number of aryl methyl sites for hydroxylation is 3. The van der Waals surface area contributed by atoms with Gasteiger partial charge in [0.25, 0.3) is 5.91 Å². The van der Waals surface area contributed by atoms with Gasteiger partial charge in [0.1, 0.15) is 17.4 Å². The van der Waals surface area contributed by atoms with Crippen molar-refractivity contribution in [3.63, 3.8) is 0 Å². The molecule has 186 valence electrons. The molecule has 8 heteroatoms. The highest BCUT2D eigenvalue weighted by Gasteiger charge is 2.27. The Balaban J connectivity index is 1.50. The first-order valence-electron chi connectivity index (χ1n) is 12.0. The highest BCUT2D eigenvalue weighted by atomic mass is 19.1. The third-order valence-corrected chi connectivity index (χ3v) is 6.53. The van der Waals surface area contributed by atoms with Crippen molar-refractivity contribution >= 4 is 5.91 Å². The number of rotatable bonds is 9. The molecule has 3 aromatic rings. The number of fused-ring (bicyclic) bond motifs is 1. The average molecular weight is 484 g/mol. The molecule has 1 aliphatic carbocycles. The largest absolute Gasteiger partial charge is 0.390 e. The number of carbonyl (C=O) groups excluding carboxylic acids is 1. The molecule has 0 spiro atoms. The molecule has 1 aliphatic rings. The van der Waals surface area contributed by atoms with Crippen LogP contribution in [-0.2, 0) is 19.3 Å². The van der Waals surface area contributed by atoms with E-state index in [-0.39, 0.29) is 24.7 Å². The first-order valence-corrected chi connectivity index (χ1v) is 12.0. The molecule has 0 saturated carbocycles. The predicted molar refractivity (Wildman–Crippen MR) is 128 cm³/mol. The molecule has 1 aromatic heterocycles. The minimum atomic E-state index is -1.02. The van der Waals surface area contributed by atoms with Crippen molar-refractivity contribution in [2.75, 3.05) is 6.54 Å². The summed E-state index contributed by atoms with van der Waals surface area (Å²) in [6.45, 7) is 3.98. The summed E-state index contributed by atoms with van der Waals surface area (Å²) in [7, 11) is 0. The lowest BCUT2D eigenvalue weighted by molar-refractivity contribution is 0.0814. The summed E-state index contributed by atoms with van der Waals surface area (Å²) in [5.74, 6) is -1.48. The van der Waals surface area contributed by atoms with Crippen LogP contribution in [0.5, 0.6) is 0 Å². The number of carbonyl (C=O) groups is 1. The number of nitrogens with zero attached hydrogens (tertiary/aromatic N) is 1. The minimum Gasteiger partial charge on any atom is -0.390 e. The van der Waals surface area contributed by atoms with Gasteiger partial charge in [-0.05, 0) is 73.4 Å². The fourth-order valence-corrected chi connectivity index (χ4v) is 4.67. The first-order chi connectivity index (χ1) is 16.8. The highest BCUT2D eigenvalue weighted by molar-refractivity contribution is 5.92. The van der Waals surface area contributed by atoms with E-state index in [2.05, 4.69) is 40.9 Å². The number of aliphatic hydroxyl groups is 1. The fraction of sp³-hybridized carbons (Fsp3) is 0.407. The number of hydrogen-bond acceptors (Lipinski definition) is 5. The number of amides is 1. The van der Waals surface area contributed by atoms with Gasteiger partial charge in [0, 0.05) is 24.7 Å². The molecular formula is C27H31F2N3O3. The van der Waals surface area contributed by atoms with Gasteiger partial charge < -0.3 is 20.3 Å². The zero-order chi connectivity index (χ0) is 24.9. The molecule has 35 heavy (non-hydrogen) atoms. The summed E-state index contributed by atoms with van der Waals surface area (Å²) in [5, 5.41) is 21.0. The highest BCUT2D eigenvalue weighted by Crippen LogP contribution is 2.30. The van der Waals surface area contributed by atoms with Crippen LogP contribution < -0.4 is 10.6 Å². The second-order valence-corrected chi connectivity index (χ2v) is 9.19. The Labute approximate surface area is 203 Å². The molecule has 0 saturated heterocycles. The van der Waals surface area contributed by atoms with Crippen LogP contribution in [0, 0.1) is 18.6 Å². The van der Waals surface area contributed by atoms with Crippen molar-refractivity contribution in [3.8, 4) is 0 Å². The number of aliphatic hydroxyl groups excluding tert-OH is 1. The Morgan fingerprint density at radius 1 is 1.17 bits per heavy atom. The van der Waals surface area contributed by atoms with E-state index >= 15 is 0 Å². The molecule has 1 heterocycles. The third kappa shape index (κ3) is 6.32. The SMILES string of the molecule is CCc1ccc2c(c1)[C@@H](NC[C@@H](O)[C@H](Cc1cc(F)cc(F)c1)NC(=O)c1cc(C)on1)CCC2. The summed E-state index contributed by atoms with van der Waals surface area (Å²) < 4.78 is 32.5. The number of halogens is 2. The number of benzene rings is 2. The first kappa shape index (κ1) is 25.0. The van der Waals surface area contributed by atoms with Crippen molar-refractivity contribution in [3.05, 3.63) is 87.8 Å². The molecule has 0 radical (unpaired) electrons. The molecule has 0 fully saturated rings. The van der Waals surface area contributed by atoms with Crippen LogP contribution in [0.1, 0.15) is 64.3 Å². The monoisotopic (exact) mass is 483 g/mol. The fourth-order valence-electron chi connectivity index (χ4n) is 4.67. The maximum atomic E-state index is 13.8. The van der Waals surface area contributed by atoms with Crippen LogP contribution in [-0.4, -0.2) is 34.9 Å². The Morgan fingerprint density at radius 3 is 2.63 bits per heavy atom. The van der Waals surface area contributed by atoms with Crippen molar-refractivity contribution in [1.82, 2.24) is 15.8 Å². The number of hydrogen-bond donors (Lipinski definition) is 3. The van der Waals surface area contributed by atoms with E-state index in [1.54, 1.807) is 6.92 Å². The van der Waals surface area contributed by atoms with Crippen LogP contribution in [0.15, 0.2) is 47.0 Å². The molecule has 0 bridgehead atoms. The summed E-state index contributed by atoms with van der Waals surface area (Å²) >= 11 is 0. The number of nitrogens with one attached hydrogen (secondary N) is 2. The van der Waals surface area contributed by atoms with Gasteiger partial charge in [-0.2, -0.15) is 0 Å². The van der Waals surface area contributed by atoms with E-state index in [9.17, 15) is 18.7 Å². The average Bonchev–Trinajstić information content (AvgIpc) is 3.27. The Hall–Kier alpha value is -3.10. The van der Waals surface area contributed by atoms with E-state index in [4.69, 9.17) is 4.52 Å². The van der Waals surface area contributed by atoms with E-state index in [0.717, 1.165) is 31.7 Å². The molecule has 0 unspecified atom stereocenters. The molecule has 0 aliphatic heterocycles. The molecule has 3 atom stereocenters. The zero-order valence-corrected chi connectivity index (χ0v) is 20.0. The topological polar surface area (TPSA) is 87.4 Å². The number of aromatic nitrogens is 1. The lowest BCUT2D eigenvalue weighted by Crippen LogP contribution is -2.49. The summed E-state index contributed by atoms with van der Waals surface area (Å²) in [4.78, 5) is 12.7. The lowest BCUT2D eigenvalue weighted by Gasteiger charge is -2.30. The zero-order valence-electron chi connectivity index (χ0n) is 20.0. The van der Waals surface area contributed by atoms with Gasteiger partial charge in [-0.15, -0.1) is 0 Å². The van der Waals surface area contributed by atoms with Gasteiger partial charge >= 0.3 is 0 Å². The standard InChI is InChI=1S/C27H31F2N3O3/c1-3-17-7-8-19-5-4-6-23(22(19)12-17)30-15-26(33)24(13-18-10-20(28)14-21(29)11-18)31-27(34)25-9-16(2)35-32-25/h7-12,14,23-24,26,30,33H,3-6,13,15H2,1-2H3,(H,31,34)/t23-,24-,26+/m0/s1. The quantitative estimate of drug-likeness (QED) is 0.425. The van der Waals surface area contributed by atoms with Gasteiger partial charge in [0.15, 0.2) is 5.69 Å². The third-order valence-electron chi connectivity index (χ3n) is 6.53. The molecule has 3 N–H and O–H groups in total. The normalized spacial score (nSPS) is 17.0. The van der Waals surface area contributed by atoms with Crippen molar-refractivity contribution in [1.29, 1.82) is 0 Å². The van der Waals surface area contributed by atoms with E-state index in [1.807, 2.05) is 0 Å². The van der Waals surface area contributed by atoms with Crippen LogP contribution in [0.2, 0.25) is 0 Å². The second-order valence-electron chi connectivity index (χ2n) is 9.19. The van der Waals surface area contributed by atoms with Gasteiger partial charge in [0.2, 0.25) is 0 Å². The molecule has 6 nitrogen and oxygen atoms in total. The minimum absolute atomic E-state index is 0.0430. The van der Waals surface area contributed by atoms with E-state index in [1.165, 1.54) is 34.9 Å². The van der Waals surface area contributed by atoms with Crippen LogP contribution in [0.4, 0.5) is 8.78 Å². The molecule has 1 amide bonds. The van der Waals surface area contributed by atoms with E-state index < -0.39 is 29.7 Å². The van der Waals surface area contributed by atoms with Gasteiger partial charge in [-0.3, -0.25) is 4.79 Å². The maximum absolute atomic E-state index is 13.8. The summed E-state index contributed by atoms with van der Waals surface area (Å²) in [6, 6.07) is 10.5. The van der Waals surface area contributed by atoms with Crippen molar-refractivity contribution in [2.24, 2.45) is 0 Å². The smallest absolute Gasteiger partial charge is 0.273 e. The van der Waals surface area contributed by atoms with Gasteiger partial charge in [0.05, 0.1) is 12.1 Å². The van der Waals surface area contributed by atoms with Crippen LogP contribution in [0.25, 0.3) is 0 Å². The maximum Gasteiger partial charge on any atom is 0.273 e. The van der Waals surface area contributed by atoms with Crippen molar-refractivity contribution < 1.29 is 23.2 Å². The van der Waals surface area contributed by atoms with E-state index in [0.29, 0.717) is 11.3 Å². The van der Waals surface area contributed by atoms with Crippen LogP contribution in [0.3, 0.4) is 0 Å². The Morgan fingerprint density at radius 2 is 1.94 bits per heavy atom. The van der Waals surface area contributed by atoms with Crippen molar-refractivity contribution in [2.45, 2.75) is 64.1 Å². The summed E-state index contributed by atoms with van der Waals surface area (Å²) in [5.41, 5.74) is 4.22. The van der Waals surface area contributed by atoms with Gasteiger partial charge in [-0.1, -0.05) is 30.3 Å².